The monoisotopic (exact) mass is 293 g/mol. The molecule has 0 saturated heterocycles. The van der Waals surface area contributed by atoms with Crippen LogP contribution in [0.2, 0.25) is 0 Å². The minimum absolute atomic E-state index is 0.222. The highest BCUT2D eigenvalue weighted by Gasteiger charge is 2.12. The Balaban J connectivity index is 2.51. The van der Waals surface area contributed by atoms with Crippen molar-refractivity contribution in [1.29, 1.82) is 0 Å². The van der Waals surface area contributed by atoms with E-state index in [1.165, 1.54) is 5.56 Å². The van der Waals surface area contributed by atoms with Crippen molar-refractivity contribution in [3.8, 4) is 5.75 Å². The van der Waals surface area contributed by atoms with Gasteiger partial charge in [-0.2, -0.15) is 0 Å². The van der Waals surface area contributed by atoms with Crippen LogP contribution in [0.25, 0.3) is 0 Å². The summed E-state index contributed by atoms with van der Waals surface area (Å²) >= 11 is 0. The first-order valence-electron chi connectivity index (χ1n) is 8.08. The minimum Gasteiger partial charge on any atom is -0.494 e. The van der Waals surface area contributed by atoms with Crippen molar-refractivity contribution < 1.29 is 9.47 Å². The molecule has 1 aromatic carbocycles. The van der Waals surface area contributed by atoms with Crippen molar-refractivity contribution in [2.75, 3.05) is 20.3 Å². The van der Waals surface area contributed by atoms with E-state index in [9.17, 15) is 0 Å². The molecule has 0 aromatic heterocycles. The maximum absolute atomic E-state index is 5.96. The number of rotatable bonds is 10. The second-order valence-electron chi connectivity index (χ2n) is 6.03. The number of benzene rings is 1. The molecule has 1 rings (SSSR count). The van der Waals surface area contributed by atoms with Crippen LogP contribution >= 0.6 is 0 Å². The Hall–Kier alpha value is -1.06. The molecule has 3 nitrogen and oxygen atoms in total. The summed E-state index contributed by atoms with van der Waals surface area (Å²) in [5.74, 6) is 1.60. The molecular formula is C18H31NO2. The van der Waals surface area contributed by atoms with E-state index in [0.29, 0.717) is 18.6 Å². The first-order valence-corrected chi connectivity index (χ1v) is 8.08. The zero-order valence-corrected chi connectivity index (χ0v) is 14.2. The Labute approximate surface area is 130 Å². The van der Waals surface area contributed by atoms with E-state index in [1.807, 2.05) is 19.2 Å². The van der Waals surface area contributed by atoms with Crippen molar-refractivity contribution in [3.63, 3.8) is 0 Å². The van der Waals surface area contributed by atoms with Crippen LogP contribution in [-0.4, -0.2) is 26.4 Å². The molecule has 2 atom stereocenters. The van der Waals surface area contributed by atoms with Crippen LogP contribution in [0.1, 0.15) is 52.1 Å². The summed E-state index contributed by atoms with van der Waals surface area (Å²) in [6, 6.07) is 8.52. The molecule has 0 amide bonds. The van der Waals surface area contributed by atoms with Crippen LogP contribution < -0.4 is 10.1 Å². The number of hydrogen-bond donors (Lipinski definition) is 1. The van der Waals surface area contributed by atoms with E-state index in [0.717, 1.165) is 25.2 Å². The second-order valence-corrected chi connectivity index (χ2v) is 6.03. The Morgan fingerprint density at radius 1 is 1.10 bits per heavy atom. The highest BCUT2D eigenvalue weighted by atomic mass is 16.5. The standard InChI is InChI=1S/C18H31NO2/c1-6-11-20-17-9-7-16(8-10-17)18(19-5)13-21-15(4)12-14(2)3/h7-10,14-15,18-19H,6,11-13H2,1-5H3. The maximum atomic E-state index is 5.96. The van der Waals surface area contributed by atoms with Crippen molar-refractivity contribution in [3.05, 3.63) is 29.8 Å². The fraction of sp³-hybridized carbons (Fsp3) is 0.667. The molecule has 0 spiro atoms. The van der Waals surface area contributed by atoms with Gasteiger partial charge in [0.2, 0.25) is 0 Å². The van der Waals surface area contributed by atoms with E-state index in [-0.39, 0.29) is 6.04 Å². The van der Waals surface area contributed by atoms with E-state index < -0.39 is 0 Å². The average molecular weight is 293 g/mol. The smallest absolute Gasteiger partial charge is 0.119 e. The predicted molar refractivity (Wildman–Crippen MR) is 88.9 cm³/mol. The lowest BCUT2D eigenvalue weighted by Gasteiger charge is -2.21. The van der Waals surface area contributed by atoms with Gasteiger partial charge in [0.1, 0.15) is 5.75 Å². The third kappa shape index (κ3) is 6.96. The van der Waals surface area contributed by atoms with Gasteiger partial charge in [0, 0.05) is 0 Å². The van der Waals surface area contributed by atoms with E-state index >= 15 is 0 Å². The number of likely N-dealkylation sites (N-methyl/N-ethyl adjacent to an activating group) is 1. The quantitative estimate of drug-likeness (QED) is 0.702. The van der Waals surface area contributed by atoms with Crippen LogP contribution in [0, 0.1) is 5.92 Å². The molecule has 0 bridgehead atoms. The zero-order valence-electron chi connectivity index (χ0n) is 14.2. The van der Waals surface area contributed by atoms with Crippen LogP contribution in [0.3, 0.4) is 0 Å². The summed E-state index contributed by atoms with van der Waals surface area (Å²) in [5, 5.41) is 3.32. The molecule has 3 heteroatoms. The van der Waals surface area contributed by atoms with Crippen molar-refractivity contribution in [2.24, 2.45) is 5.92 Å². The lowest BCUT2D eigenvalue weighted by molar-refractivity contribution is 0.0382. The van der Waals surface area contributed by atoms with E-state index in [2.05, 4.69) is 45.1 Å². The third-order valence-electron chi connectivity index (χ3n) is 3.45. The number of hydrogen-bond acceptors (Lipinski definition) is 3. The molecule has 1 N–H and O–H groups in total. The fourth-order valence-electron chi connectivity index (χ4n) is 2.35. The summed E-state index contributed by atoms with van der Waals surface area (Å²) in [5.41, 5.74) is 1.23. The Bertz CT molecular complexity index is 375. The topological polar surface area (TPSA) is 30.5 Å². The van der Waals surface area contributed by atoms with Crippen molar-refractivity contribution in [2.45, 2.75) is 52.7 Å². The third-order valence-corrected chi connectivity index (χ3v) is 3.45. The predicted octanol–water partition coefficient (Wildman–Crippen LogP) is 4.19. The number of ether oxygens (including phenoxy) is 2. The average Bonchev–Trinajstić information content (AvgIpc) is 2.46. The highest BCUT2D eigenvalue weighted by Crippen LogP contribution is 2.19. The zero-order chi connectivity index (χ0) is 15.7. The summed E-state index contributed by atoms with van der Waals surface area (Å²) in [6.45, 7) is 10.2. The van der Waals surface area contributed by atoms with Crippen LogP contribution in [0.15, 0.2) is 24.3 Å². The summed E-state index contributed by atoms with van der Waals surface area (Å²) in [7, 11) is 1.97. The molecule has 0 saturated carbocycles. The van der Waals surface area contributed by atoms with Gasteiger partial charge in [0.25, 0.3) is 0 Å². The van der Waals surface area contributed by atoms with Crippen molar-refractivity contribution >= 4 is 0 Å². The molecule has 2 unspecified atom stereocenters. The number of nitrogens with one attached hydrogen (secondary N) is 1. The summed E-state index contributed by atoms with van der Waals surface area (Å²) < 4.78 is 11.6. The Morgan fingerprint density at radius 3 is 2.29 bits per heavy atom. The second kappa shape index (κ2) is 9.80. The van der Waals surface area contributed by atoms with Gasteiger partial charge >= 0.3 is 0 Å². The minimum atomic E-state index is 0.222. The van der Waals surface area contributed by atoms with E-state index in [1.54, 1.807) is 0 Å². The lowest BCUT2D eigenvalue weighted by atomic mass is 10.1. The molecule has 0 heterocycles. The molecule has 21 heavy (non-hydrogen) atoms. The Kier molecular flexibility index (Phi) is 8.40. The van der Waals surface area contributed by atoms with Crippen LogP contribution in [0.4, 0.5) is 0 Å². The van der Waals surface area contributed by atoms with Crippen LogP contribution in [-0.2, 0) is 4.74 Å². The molecule has 0 fully saturated rings. The van der Waals surface area contributed by atoms with Gasteiger partial charge in [-0.05, 0) is 50.4 Å². The van der Waals surface area contributed by atoms with Crippen molar-refractivity contribution in [1.82, 2.24) is 5.32 Å². The molecule has 0 aliphatic heterocycles. The first kappa shape index (κ1) is 18.0. The lowest BCUT2D eigenvalue weighted by Crippen LogP contribution is -2.24. The maximum Gasteiger partial charge on any atom is 0.119 e. The fourth-order valence-corrected chi connectivity index (χ4v) is 2.35. The van der Waals surface area contributed by atoms with E-state index in [4.69, 9.17) is 9.47 Å². The summed E-state index contributed by atoms with van der Waals surface area (Å²) in [4.78, 5) is 0. The van der Waals surface area contributed by atoms with Gasteiger partial charge in [-0.1, -0.05) is 32.9 Å². The van der Waals surface area contributed by atoms with Gasteiger partial charge in [0.05, 0.1) is 25.4 Å². The van der Waals surface area contributed by atoms with Gasteiger partial charge in [-0.25, -0.2) is 0 Å². The summed E-state index contributed by atoms with van der Waals surface area (Å²) in [6.07, 6.45) is 2.43. The molecule has 0 radical (unpaired) electrons. The molecular weight excluding hydrogens is 262 g/mol. The van der Waals surface area contributed by atoms with Gasteiger partial charge < -0.3 is 14.8 Å². The molecule has 0 aliphatic rings. The molecule has 0 aliphatic carbocycles. The normalized spacial score (nSPS) is 14.2. The largest absolute Gasteiger partial charge is 0.494 e. The first-order chi connectivity index (χ1) is 10.1. The van der Waals surface area contributed by atoms with Gasteiger partial charge in [-0.3, -0.25) is 0 Å². The molecule has 120 valence electrons. The van der Waals surface area contributed by atoms with Gasteiger partial charge in [0.15, 0.2) is 0 Å². The highest BCUT2D eigenvalue weighted by molar-refractivity contribution is 5.29. The molecule has 1 aromatic rings. The Morgan fingerprint density at radius 2 is 1.76 bits per heavy atom. The van der Waals surface area contributed by atoms with Crippen LogP contribution in [0.5, 0.6) is 5.75 Å². The van der Waals surface area contributed by atoms with Gasteiger partial charge in [-0.15, -0.1) is 0 Å². The SMILES string of the molecule is CCCOc1ccc(C(COC(C)CC(C)C)NC)cc1.